The van der Waals surface area contributed by atoms with Gasteiger partial charge in [-0.1, -0.05) is 0 Å². The maximum absolute atomic E-state index is 12.3. The van der Waals surface area contributed by atoms with Gasteiger partial charge in [0.05, 0.1) is 12.9 Å². The van der Waals surface area contributed by atoms with E-state index < -0.39 is 11.7 Å². The van der Waals surface area contributed by atoms with Gasteiger partial charge in [0.25, 0.3) is 0 Å². The highest BCUT2D eigenvalue weighted by Crippen LogP contribution is 2.47. The van der Waals surface area contributed by atoms with Crippen LogP contribution in [0.1, 0.15) is 31.7 Å². The maximum Gasteiger partial charge on any atom is 0.407 e. The van der Waals surface area contributed by atoms with E-state index >= 15 is 0 Å². The normalized spacial score (nSPS) is 18.6. The van der Waals surface area contributed by atoms with E-state index in [4.69, 9.17) is 18.9 Å². The van der Waals surface area contributed by atoms with Gasteiger partial charge in [0, 0.05) is 13.1 Å². The molecule has 0 saturated carbocycles. The summed E-state index contributed by atoms with van der Waals surface area (Å²) in [4.78, 5) is 25.8. The zero-order valence-electron chi connectivity index (χ0n) is 15.9. The van der Waals surface area contributed by atoms with Gasteiger partial charge in [-0.05, 0) is 38.5 Å². The van der Waals surface area contributed by atoms with Crippen molar-refractivity contribution in [3.63, 3.8) is 0 Å². The maximum atomic E-state index is 12.3. The summed E-state index contributed by atoms with van der Waals surface area (Å²) in [5.41, 5.74) is 0.332. The van der Waals surface area contributed by atoms with Crippen LogP contribution in [0.25, 0.3) is 0 Å². The molecule has 2 amide bonds. The SMILES string of the molecule is COc1cc(C2SCC(=O)N2CCNC(=O)OC(C)(C)C)cc2c1OCO2. The molecule has 1 N–H and O–H groups in total. The van der Waals surface area contributed by atoms with Crippen LogP contribution in [0, 0.1) is 0 Å². The Morgan fingerprint density at radius 3 is 2.85 bits per heavy atom. The molecule has 1 atom stereocenters. The van der Waals surface area contributed by atoms with Crippen LogP contribution in [0.15, 0.2) is 12.1 Å². The van der Waals surface area contributed by atoms with Crippen LogP contribution in [0.5, 0.6) is 17.2 Å². The molecule has 1 aromatic carbocycles. The van der Waals surface area contributed by atoms with E-state index in [9.17, 15) is 9.59 Å². The first-order chi connectivity index (χ1) is 12.8. The van der Waals surface area contributed by atoms with E-state index in [1.807, 2.05) is 12.1 Å². The highest BCUT2D eigenvalue weighted by molar-refractivity contribution is 8.00. The van der Waals surface area contributed by atoms with Crippen LogP contribution in [0.4, 0.5) is 4.79 Å². The summed E-state index contributed by atoms with van der Waals surface area (Å²) in [6, 6.07) is 3.73. The number of ether oxygens (including phenoxy) is 4. The monoisotopic (exact) mass is 396 g/mol. The van der Waals surface area contributed by atoms with Crippen molar-refractivity contribution in [1.29, 1.82) is 0 Å². The van der Waals surface area contributed by atoms with Crippen molar-refractivity contribution in [1.82, 2.24) is 10.2 Å². The van der Waals surface area contributed by atoms with Crippen molar-refractivity contribution in [2.24, 2.45) is 0 Å². The number of rotatable bonds is 5. The molecule has 1 fully saturated rings. The first-order valence-electron chi connectivity index (χ1n) is 8.64. The summed E-state index contributed by atoms with van der Waals surface area (Å²) < 4.78 is 21.5. The topological polar surface area (TPSA) is 86.3 Å². The number of hydrogen-bond donors (Lipinski definition) is 1. The molecule has 1 saturated heterocycles. The Morgan fingerprint density at radius 1 is 1.37 bits per heavy atom. The molecular weight excluding hydrogens is 372 g/mol. The average molecular weight is 396 g/mol. The van der Waals surface area contributed by atoms with Crippen LogP contribution in [-0.4, -0.2) is 55.2 Å². The predicted octanol–water partition coefficient (Wildman–Crippen LogP) is 2.52. The summed E-state index contributed by atoms with van der Waals surface area (Å²) in [5.74, 6) is 2.16. The second-order valence-corrected chi connectivity index (χ2v) is 8.20. The smallest absolute Gasteiger partial charge is 0.407 e. The fourth-order valence-electron chi connectivity index (χ4n) is 2.86. The number of hydrogen-bond acceptors (Lipinski definition) is 7. The Bertz CT molecular complexity index is 733. The predicted molar refractivity (Wildman–Crippen MR) is 100 cm³/mol. The van der Waals surface area contributed by atoms with Crippen molar-refractivity contribution in [2.45, 2.75) is 31.7 Å². The molecule has 0 radical (unpaired) electrons. The zero-order chi connectivity index (χ0) is 19.6. The van der Waals surface area contributed by atoms with Crippen LogP contribution < -0.4 is 19.5 Å². The van der Waals surface area contributed by atoms with Gasteiger partial charge in [-0.15, -0.1) is 11.8 Å². The molecule has 3 rings (SSSR count). The number of alkyl carbamates (subject to hydrolysis) is 1. The van der Waals surface area contributed by atoms with E-state index in [0.29, 0.717) is 36.1 Å². The second kappa shape index (κ2) is 7.75. The Labute approximate surface area is 162 Å². The summed E-state index contributed by atoms with van der Waals surface area (Å²) in [6.45, 7) is 6.24. The minimum Gasteiger partial charge on any atom is -0.493 e. The molecule has 0 bridgehead atoms. The number of benzene rings is 1. The molecule has 9 heteroatoms. The van der Waals surface area contributed by atoms with Gasteiger partial charge in [0.2, 0.25) is 18.4 Å². The highest BCUT2D eigenvalue weighted by Gasteiger charge is 2.34. The number of carbonyl (C=O) groups is 2. The number of amides is 2. The molecule has 148 valence electrons. The second-order valence-electron chi connectivity index (χ2n) is 7.14. The van der Waals surface area contributed by atoms with Gasteiger partial charge in [-0.2, -0.15) is 0 Å². The van der Waals surface area contributed by atoms with Gasteiger partial charge in [-0.3, -0.25) is 4.79 Å². The van der Waals surface area contributed by atoms with E-state index in [0.717, 1.165) is 5.56 Å². The van der Waals surface area contributed by atoms with E-state index in [1.54, 1.807) is 32.8 Å². The number of fused-ring (bicyclic) bond motifs is 1. The van der Waals surface area contributed by atoms with Crippen molar-refractivity contribution in [3.05, 3.63) is 17.7 Å². The average Bonchev–Trinajstić information content (AvgIpc) is 3.19. The molecule has 0 aromatic heterocycles. The van der Waals surface area contributed by atoms with E-state index in [2.05, 4.69) is 5.32 Å². The third-order valence-corrected chi connectivity index (χ3v) is 5.21. The lowest BCUT2D eigenvalue weighted by molar-refractivity contribution is -0.128. The fraction of sp³-hybridized carbons (Fsp3) is 0.556. The van der Waals surface area contributed by atoms with Crippen LogP contribution >= 0.6 is 11.8 Å². The fourth-order valence-corrected chi connectivity index (χ4v) is 4.05. The summed E-state index contributed by atoms with van der Waals surface area (Å²) in [7, 11) is 1.57. The molecule has 2 aliphatic heterocycles. The zero-order valence-corrected chi connectivity index (χ0v) is 16.7. The molecule has 27 heavy (non-hydrogen) atoms. The summed E-state index contributed by atoms with van der Waals surface area (Å²) in [6.07, 6.45) is -0.497. The highest BCUT2D eigenvalue weighted by atomic mass is 32.2. The number of nitrogens with zero attached hydrogens (tertiary/aromatic N) is 1. The lowest BCUT2D eigenvalue weighted by Gasteiger charge is -2.25. The standard InChI is InChI=1S/C18H24N2O6S/c1-18(2,3)26-17(22)19-5-6-20-14(21)9-27-16(20)11-7-12(23-4)15-13(8-11)24-10-25-15/h7-8,16H,5-6,9-10H2,1-4H3,(H,19,22). The van der Waals surface area contributed by atoms with Crippen LogP contribution in [-0.2, 0) is 9.53 Å². The largest absolute Gasteiger partial charge is 0.493 e. The van der Waals surface area contributed by atoms with Gasteiger partial charge >= 0.3 is 6.09 Å². The van der Waals surface area contributed by atoms with E-state index in [-0.39, 0.29) is 18.1 Å². The minimum atomic E-state index is -0.561. The van der Waals surface area contributed by atoms with Crippen molar-refractivity contribution >= 4 is 23.8 Å². The third-order valence-electron chi connectivity index (χ3n) is 3.95. The molecule has 1 aromatic rings. The third kappa shape index (κ3) is 4.52. The summed E-state index contributed by atoms with van der Waals surface area (Å²) in [5, 5.41) is 2.51. The molecule has 2 aliphatic rings. The van der Waals surface area contributed by atoms with Crippen molar-refractivity contribution < 1.29 is 28.5 Å². The Morgan fingerprint density at radius 2 is 2.15 bits per heavy atom. The Balaban J connectivity index is 1.67. The summed E-state index contributed by atoms with van der Waals surface area (Å²) >= 11 is 1.53. The van der Waals surface area contributed by atoms with E-state index in [1.165, 1.54) is 11.8 Å². The quantitative estimate of drug-likeness (QED) is 0.818. The van der Waals surface area contributed by atoms with Gasteiger partial charge in [-0.25, -0.2) is 4.79 Å². The first kappa shape index (κ1) is 19.5. The number of thioether (sulfide) groups is 1. The first-order valence-corrected chi connectivity index (χ1v) is 9.69. The van der Waals surface area contributed by atoms with Crippen LogP contribution in [0.2, 0.25) is 0 Å². The molecule has 1 unspecified atom stereocenters. The molecule has 0 aliphatic carbocycles. The lowest BCUT2D eigenvalue weighted by Crippen LogP contribution is -2.39. The van der Waals surface area contributed by atoms with Crippen molar-refractivity contribution in [2.75, 3.05) is 32.7 Å². The molecule has 2 heterocycles. The van der Waals surface area contributed by atoms with Gasteiger partial charge in [0.15, 0.2) is 11.5 Å². The number of nitrogens with one attached hydrogen (secondary N) is 1. The number of carbonyl (C=O) groups excluding carboxylic acids is 2. The molecule has 0 spiro atoms. The minimum absolute atomic E-state index is 0.0209. The van der Waals surface area contributed by atoms with Gasteiger partial charge in [0.1, 0.15) is 11.0 Å². The Hall–Kier alpha value is -2.29. The number of methoxy groups -OCH3 is 1. The molecule has 8 nitrogen and oxygen atoms in total. The molecular formula is C18H24N2O6S. The van der Waals surface area contributed by atoms with Crippen LogP contribution in [0.3, 0.4) is 0 Å². The lowest BCUT2D eigenvalue weighted by atomic mass is 10.1. The Kier molecular flexibility index (Phi) is 5.59. The van der Waals surface area contributed by atoms with Gasteiger partial charge < -0.3 is 29.2 Å². The van der Waals surface area contributed by atoms with Crippen molar-refractivity contribution in [3.8, 4) is 17.2 Å².